The van der Waals surface area contributed by atoms with Gasteiger partial charge in [-0.15, -0.1) is 0 Å². The van der Waals surface area contributed by atoms with Crippen LogP contribution in [0.25, 0.3) is 10.9 Å². The van der Waals surface area contributed by atoms with Gasteiger partial charge in [0.25, 0.3) is 0 Å². The van der Waals surface area contributed by atoms with Crippen molar-refractivity contribution < 1.29 is 32.9 Å². The predicted octanol–water partition coefficient (Wildman–Crippen LogP) is 6.20. The second-order valence-corrected chi connectivity index (χ2v) is 10.7. The van der Waals surface area contributed by atoms with Gasteiger partial charge in [0, 0.05) is 49.7 Å². The van der Waals surface area contributed by atoms with E-state index in [1.165, 1.54) is 13.0 Å². The minimum Gasteiger partial charge on any atom is -0.423 e. The van der Waals surface area contributed by atoms with Crippen LogP contribution in [0.5, 0.6) is 11.5 Å². The van der Waals surface area contributed by atoms with Crippen molar-refractivity contribution >= 4 is 22.5 Å². The number of aromatic nitrogens is 1. The molecule has 0 radical (unpaired) electrons. The molecule has 2 aromatic carbocycles. The third kappa shape index (κ3) is 5.47. The second kappa shape index (κ2) is 10.8. The molecule has 1 aliphatic heterocycles. The number of ether oxygens (including phenoxy) is 3. The van der Waals surface area contributed by atoms with Crippen LogP contribution in [0.1, 0.15) is 65.1 Å². The van der Waals surface area contributed by atoms with Gasteiger partial charge in [0.05, 0.1) is 23.2 Å². The number of fused-ring (bicyclic) bond motifs is 2. The smallest absolute Gasteiger partial charge is 0.404 e. The summed E-state index contributed by atoms with van der Waals surface area (Å²) in [4.78, 5) is 13.4. The molecule has 5 rings (SSSR count). The molecule has 1 aliphatic carbocycles. The molecule has 2 heterocycles. The fourth-order valence-corrected chi connectivity index (χ4v) is 5.24. The van der Waals surface area contributed by atoms with E-state index in [0.717, 1.165) is 11.1 Å². The van der Waals surface area contributed by atoms with E-state index in [0.29, 0.717) is 43.5 Å². The Kier molecular flexibility index (Phi) is 7.96. The molecule has 7 nitrogen and oxygen atoms in total. The van der Waals surface area contributed by atoms with Crippen LogP contribution in [0.4, 0.5) is 14.5 Å². The number of amides is 1. The number of carbonyl (C=O) groups is 1. The molecule has 1 unspecified atom stereocenters. The zero-order valence-corrected chi connectivity index (χ0v) is 23.5. The average Bonchev–Trinajstić information content (AvgIpc) is 3.53. The molecule has 0 spiro atoms. The molecule has 1 aromatic heterocycles. The molecule has 0 saturated heterocycles. The number of hydrogen-bond acceptors (Lipinski definition) is 5. The van der Waals surface area contributed by atoms with Gasteiger partial charge in [-0.25, -0.2) is 4.39 Å². The molecule has 2 aliphatic rings. The van der Waals surface area contributed by atoms with Gasteiger partial charge >= 0.3 is 6.04 Å². The highest BCUT2D eigenvalue weighted by atomic mass is 19.2. The fraction of sp³-hybridized carbons (Fsp3) is 0.500. The molecule has 1 atom stereocenters. The van der Waals surface area contributed by atoms with Crippen LogP contribution in [0, 0.1) is 5.82 Å². The van der Waals surface area contributed by atoms with Crippen molar-refractivity contribution in [3.63, 3.8) is 0 Å². The van der Waals surface area contributed by atoms with Crippen molar-refractivity contribution in [2.45, 2.75) is 77.3 Å². The molecule has 39 heavy (non-hydrogen) atoms. The van der Waals surface area contributed by atoms with Crippen LogP contribution in [-0.4, -0.2) is 41.9 Å². The zero-order valence-electron chi connectivity index (χ0n) is 23.5. The third-order valence-electron chi connectivity index (χ3n) is 7.24. The SMILES string of the molecule is CC.COCC(C)(C)c1cc2cc(NC(=O)C3(c4ccc5c(c4)OC(C)(F)O5)CC3)c(F)cc2n1CCCO. The number of aliphatic hydroxyl groups excluding tert-OH is 1. The molecule has 2 N–H and O–H groups in total. The largest absolute Gasteiger partial charge is 0.423 e. The molecule has 3 aromatic rings. The second-order valence-electron chi connectivity index (χ2n) is 10.7. The first-order valence-electron chi connectivity index (χ1n) is 13.5. The predicted molar refractivity (Wildman–Crippen MR) is 147 cm³/mol. The van der Waals surface area contributed by atoms with E-state index < -0.39 is 17.3 Å². The van der Waals surface area contributed by atoms with E-state index in [1.807, 2.05) is 38.3 Å². The monoisotopic (exact) mass is 544 g/mol. The van der Waals surface area contributed by atoms with Crippen LogP contribution in [-0.2, 0) is 26.9 Å². The number of alkyl halides is 1. The summed E-state index contributed by atoms with van der Waals surface area (Å²) in [6, 6.07) is 7.75. The van der Waals surface area contributed by atoms with Crippen molar-refractivity contribution in [1.29, 1.82) is 0 Å². The van der Waals surface area contributed by atoms with Gasteiger partial charge in [0.15, 0.2) is 11.5 Å². The number of carbonyl (C=O) groups excluding carboxylic acids is 1. The van der Waals surface area contributed by atoms with E-state index >= 15 is 4.39 Å². The van der Waals surface area contributed by atoms with Crippen LogP contribution < -0.4 is 14.8 Å². The van der Waals surface area contributed by atoms with Crippen molar-refractivity contribution in [3.8, 4) is 11.5 Å². The van der Waals surface area contributed by atoms with E-state index in [1.54, 1.807) is 31.4 Å². The molecule has 1 saturated carbocycles. The van der Waals surface area contributed by atoms with E-state index in [4.69, 9.17) is 14.2 Å². The van der Waals surface area contributed by atoms with Crippen LogP contribution in [0.3, 0.4) is 0 Å². The summed E-state index contributed by atoms with van der Waals surface area (Å²) in [7, 11) is 1.64. The lowest BCUT2D eigenvalue weighted by Crippen LogP contribution is -2.28. The summed E-state index contributed by atoms with van der Waals surface area (Å²) in [6.07, 6.45) is 1.70. The number of benzene rings is 2. The van der Waals surface area contributed by atoms with Crippen LogP contribution >= 0.6 is 0 Å². The summed E-state index contributed by atoms with van der Waals surface area (Å²) in [5, 5.41) is 13.0. The number of aryl methyl sites for hydroxylation is 1. The van der Waals surface area contributed by atoms with Crippen molar-refractivity contribution in [1.82, 2.24) is 4.57 Å². The summed E-state index contributed by atoms with van der Waals surface area (Å²) in [5.41, 5.74) is 1.22. The number of nitrogens with one attached hydrogen (secondary N) is 1. The highest BCUT2D eigenvalue weighted by Gasteiger charge is 2.52. The first-order valence-corrected chi connectivity index (χ1v) is 13.5. The van der Waals surface area contributed by atoms with Gasteiger partial charge < -0.3 is 29.2 Å². The Morgan fingerprint density at radius 2 is 1.85 bits per heavy atom. The quantitative estimate of drug-likeness (QED) is 0.335. The molecular formula is C30H38F2N2O5. The van der Waals surface area contributed by atoms with Gasteiger partial charge in [0.1, 0.15) is 5.82 Å². The first-order chi connectivity index (χ1) is 18.5. The molecule has 9 heteroatoms. The van der Waals surface area contributed by atoms with Crippen molar-refractivity contribution in [3.05, 3.63) is 53.5 Å². The van der Waals surface area contributed by atoms with Gasteiger partial charge in [-0.1, -0.05) is 33.8 Å². The van der Waals surface area contributed by atoms with E-state index in [9.17, 15) is 14.3 Å². The number of anilines is 1. The van der Waals surface area contributed by atoms with Crippen LogP contribution in [0.2, 0.25) is 0 Å². The highest BCUT2D eigenvalue weighted by Crippen LogP contribution is 2.52. The Balaban J connectivity index is 0.00000172. The van der Waals surface area contributed by atoms with Crippen LogP contribution in [0.15, 0.2) is 36.4 Å². The lowest BCUT2D eigenvalue weighted by Gasteiger charge is -2.26. The molecule has 1 fully saturated rings. The Morgan fingerprint density at radius 1 is 1.15 bits per heavy atom. The molecule has 1 amide bonds. The van der Waals surface area contributed by atoms with Crippen molar-refractivity contribution in [2.24, 2.45) is 0 Å². The lowest BCUT2D eigenvalue weighted by atomic mass is 9.90. The van der Waals surface area contributed by atoms with E-state index in [2.05, 4.69) is 5.32 Å². The summed E-state index contributed by atoms with van der Waals surface area (Å²) in [5.74, 6) is -0.355. The Morgan fingerprint density at radius 3 is 2.49 bits per heavy atom. The first kappa shape index (κ1) is 28.8. The number of halogens is 2. The van der Waals surface area contributed by atoms with E-state index in [-0.39, 0.29) is 35.1 Å². The van der Waals surface area contributed by atoms with Gasteiger partial charge in [-0.3, -0.25) is 4.79 Å². The summed E-state index contributed by atoms with van der Waals surface area (Å²) in [6.45, 7) is 10.3. The number of aliphatic hydroxyl groups is 1. The Hall–Kier alpha value is -3.17. The lowest BCUT2D eigenvalue weighted by molar-refractivity contribution is -0.173. The maximum atomic E-state index is 15.3. The minimum atomic E-state index is -2.25. The molecule has 212 valence electrons. The Bertz CT molecular complexity index is 1360. The number of rotatable bonds is 9. The minimum absolute atomic E-state index is 0.0208. The fourth-order valence-electron chi connectivity index (χ4n) is 5.24. The standard InChI is InChI=1S/C28H32F2N2O5.C2H6/c1-26(2,16-35-4)24-13-17-12-20(19(29)15-21(17)32(24)10-5-11-33)31-25(34)28(8-9-28)18-6-7-22-23(14-18)37-27(3,30)36-22;1-2/h6-7,12-15,33H,5,8-11,16H2,1-4H3,(H,31,34);1-2H3. The summed E-state index contributed by atoms with van der Waals surface area (Å²) >= 11 is 0. The highest BCUT2D eigenvalue weighted by molar-refractivity contribution is 6.02. The molecule has 0 bridgehead atoms. The third-order valence-corrected chi connectivity index (χ3v) is 7.24. The number of methoxy groups -OCH3 is 1. The Labute approximate surface area is 228 Å². The molecular weight excluding hydrogens is 506 g/mol. The van der Waals surface area contributed by atoms with Gasteiger partial charge in [-0.2, -0.15) is 4.39 Å². The van der Waals surface area contributed by atoms with Gasteiger partial charge in [0.2, 0.25) is 5.91 Å². The normalized spacial score (nSPS) is 19.0. The maximum absolute atomic E-state index is 15.3. The van der Waals surface area contributed by atoms with Gasteiger partial charge in [-0.05, 0) is 49.1 Å². The summed E-state index contributed by atoms with van der Waals surface area (Å²) < 4.78 is 47.2. The number of nitrogens with zero attached hydrogens (tertiary/aromatic N) is 1. The topological polar surface area (TPSA) is 82.0 Å². The number of hydrogen-bond donors (Lipinski definition) is 2. The zero-order chi connectivity index (χ0) is 28.6. The maximum Gasteiger partial charge on any atom is 0.404 e. The average molecular weight is 545 g/mol. The van der Waals surface area contributed by atoms with Crippen molar-refractivity contribution in [2.75, 3.05) is 25.6 Å².